The SMILES string of the molecule is O=C(CCNS(=O)(=O)c1ccc(Cl)cc1)NCCc1cccs1. The van der Waals surface area contributed by atoms with Crippen molar-refractivity contribution in [3.63, 3.8) is 0 Å². The van der Waals surface area contributed by atoms with Gasteiger partial charge in [-0.25, -0.2) is 13.1 Å². The summed E-state index contributed by atoms with van der Waals surface area (Å²) in [5.41, 5.74) is 0. The zero-order valence-electron chi connectivity index (χ0n) is 12.3. The first-order valence-corrected chi connectivity index (χ1v) is 9.76. The molecule has 0 bridgehead atoms. The molecular weight excluding hydrogens is 356 g/mol. The average Bonchev–Trinajstić information content (AvgIpc) is 3.01. The van der Waals surface area contributed by atoms with Gasteiger partial charge in [0.2, 0.25) is 15.9 Å². The number of rotatable bonds is 8. The minimum atomic E-state index is -3.62. The summed E-state index contributed by atoms with van der Waals surface area (Å²) >= 11 is 7.37. The van der Waals surface area contributed by atoms with E-state index in [1.807, 2.05) is 17.5 Å². The highest BCUT2D eigenvalue weighted by Gasteiger charge is 2.13. The number of sulfonamides is 1. The molecule has 0 saturated heterocycles. The zero-order valence-corrected chi connectivity index (χ0v) is 14.7. The number of thiophene rings is 1. The molecule has 0 atom stereocenters. The summed E-state index contributed by atoms with van der Waals surface area (Å²) in [4.78, 5) is 13.0. The Bertz CT molecular complexity index is 729. The number of carbonyl (C=O) groups is 1. The van der Waals surface area contributed by atoms with Crippen molar-refractivity contribution in [2.75, 3.05) is 13.1 Å². The molecule has 2 N–H and O–H groups in total. The Hall–Kier alpha value is -1.41. The van der Waals surface area contributed by atoms with E-state index in [0.717, 1.165) is 6.42 Å². The van der Waals surface area contributed by atoms with Gasteiger partial charge in [-0.3, -0.25) is 4.79 Å². The monoisotopic (exact) mass is 372 g/mol. The molecule has 23 heavy (non-hydrogen) atoms. The molecule has 8 heteroatoms. The molecule has 1 amide bonds. The summed E-state index contributed by atoms with van der Waals surface area (Å²) < 4.78 is 26.4. The lowest BCUT2D eigenvalue weighted by atomic mass is 10.3. The maximum Gasteiger partial charge on any atom is 0.240 e. The van der Waals surface area contributed by atoms with E-state index in [4.69, 9.17) is 11.6 Å². The third kappa shape index (κ3) is 5.95. The molecule has 124 valence electrons. The van der Waals surface area contributed by atoms with Crippen LogP contribution in [-0.2, 0) is 21.2 Å². The summed E-state index contributed by atoms with van der Waals surface area (Å²) in [5.74, 6) is -0.180. The molecule has 0 saturated carbocycles. The smallest absolute Gasteiger partial charge is 0.240 e. The van der Waals surface area contributed by atoms with Crippen molar-refractivity contribution in [1.29, 1.82) is 0 Å². The third-order valence-corrected chi connectivity index (χ3v) is 5.71. The first-order valence-electron chi connectivity index (χ1n) is 7.02. The summed E-state index contributed by atoms with van der Waals surface area (Å²) in [6.07, 6.45) is 0.872. The van der Waals surface area contributed by atoms with Crippen LogP contribution in [0.15, 0.2) is 46.7 Å². The summed E-state index contributed by atoms with van der Waals surface area (Å²) in [7, 11) is -3.62. The van der Waals surface area contributed by atoms with Crippen LogP contribution >= 0.6 is 22.9 Å². The van der Waals surface area contributed by atoms with E-state index in [9.17, 15) is 13.2 Å². The second-order valence-corrected chi connectivity index (χ2v) is 8.02. The van der Waals surface area contributed by atoms with Gasteiger partial charge in [0.15, 0.2) is 0 Å². The molecule has 0 aliphatic carbocycles. The standard InChI is InChI=1S/C15H17ClN2O3S2/c16-12-3-5-14(6-4-12)23(20,21)18-10-8-15(19)17-9-7-13-2-1-11-22-13/h1-6,11,18H,7-10H2,(H,17,19). The van der Waals surface area contributed by atoms with Crippen molar-refractivity contribution in [1.82, 2.24) is 10.0 Å². The molecule has 0 aliphatic heterocycles. The van der Waals surface area contributed by atoms with E-state index in [1.165, 1.54) is 29.1 Å². The van der Waals surface area contributed by atoms with Gasteiger partial charge < -0.3 is 5.32 Å². The highest BCUT2D eigenvalue weighted by Crippen LogP contribution is 2.13. The Balaban J connectivity index is 1.71. The van der Waals surface area contributed by atoms with Crippen LogP contribution in [-0.4, -0.2) is 27.4 Å². The van der Waals surface area contributed by atoms with Gasteiger partial charge in [0.1, 0.15) is 0 Å². The third-order valence-electron chi connectivity index (χ3n) is 3.04. The van der Waals surface area contributed by atoms with Gasteiger partial charge in [0.25, 0.3) is 0 Å². The fourth-order valence-electron chi connectivity index (χ4n) is 1.86. The van der Waals surface area contributed by atoms with E-state index >= 15 is 0 Å². The van der Waals surface area contributed by atoms with Gasteiger partial charge in [0.05, 0.1) is 4.90 Å². The van der Waals surface area contributed by atoms with Gasteiger partial charge in [-0.2, -0.15) is 0 Å². The topological polar surface area (TPSA) is 75.3 Å². The van der Waals surface area contributed by atoms with Crippen LogP contribution in [0.25, 0.3) is 0 Å². The second kappa shape index (κ2) is 8.44. The first kappa shape index (κ1) is 17.9. The van der Waals surface area contributed by atoms with E-state index in [0.29, 0.717) is 11.6 Å². The molecule has 0 aliphatic rings. The van der Waals surface area contributed by atoms with Crippen LogP contribution in [0.5, 0.6) is 0 Å². The van der Waals surface area contributed by atoms with E-state index in [2.05, 4.69) is 10.0 Å². The molecule has 0 fully saturated rings. The highest BCUT2D eigenvalue weighted by atomic mass is 35.5. The van der Waals surface area contributed by atoms with Gasteiger partial charge >= 0.3 is 0 Å². The molecule has 5 nitrogen and oxygen atoms in total. The molecular formula is C15H17ClN2O3S2. The molecule has 2 rings (SSSR count). The van der Waals surface area contributed by atoms with E-state index in [-0.39, 0.29) is 23.8 Å². The Kier molecular flexibility index (Phi) is 6.59. The molecule has 1 aromatic carbocycles. The van der Waals surface area contributed by atoms with Crippen LogP contribution < -0.4 is 10.0 Å². The molecule has 0 unspecified atom stereocenters. The van der Waals surface area contributed by atoms with Gasteiger partial charge in [0, 0.05) is 29.4 Å². The van der Waals surface area contributed by atoms with Crippen molar-refractivity contribution >= 4 is 38.9 Å². The van der Waals surface area contributed by atoms with Crippen molar-refractivity contribution in [2.45, 2.75) is 17.7 Å². The Morgan fingerprint density at radius 1 is 1.13 bits per heavy atom. The van der Waals surface area contributed by atoms with Gasteiger partial charge in [-0.05, 0) is 42.1 Å². The zero-order chi connectivity index (χ0) is 16.7. The first-order chi connectivity index (χ1) is 11.0. The van der Waals surface area contributed by atoms with Crippen molar-refractivity contribution < 1.29 is 13.2 Å². The van der Waals surface area contributed by atoms with E-state index < -0.39 is 10.0 Å². The Morgan fingerprint density at radius 2 is 1.87 bits per heavy atom. The maximum absolute atomic E-state index is 12.0. The highest BCUT2D eigenvalue weighted by molar-refractivity contribution is 7.89. The van der Waals surface area contributed by atoms with Crippen molar-refractivity contribution in [2.24, 2.45) is 0 Å². The van der Waals surface area contributed by atoms with Gasteiger partial charge in [-0.1, -0.05) is 17.7 Å². The summed E-state index contributed by atoms with van der Waals surface area (Å²) in [6.45, 7) is 0.596. The van der Waals surface area contributed by atoms with Gasteiger partial charge in [-0.15, -0.1) is 11.3 Å². The lowest BCUT2D eigenvalue weighted by molar-refractivity contribution is -0.120. The molecule has 1 aromatic heterocycles. The van der Waals surface area contributed by atoms with Crippen molar-refractivity contribution in [3.05, 3.63) is 51.7 Å². The normalized spacial score (nSPS) is 11.3. The minimum Gasteiger partial charge on any atom is -0.356 e. The average molecular weight is 373 g/mol. The Labute approximate surface area is 144 Å². The van der Waals surface area contributed by atoms with Crippen LogP contribution in [0.3, 0.4) is 0 Å². The minimum absolute atomic E-state index is 0.0514. The predicted molar refractivity (Wildman–Crippen MR) is 92.3 cm³/mol. The summed E-state index contributed by atoms with van der Waals surface area (Å²) in [6, 6.07) is 9.84. The largest absolute Gasteiger partial charge is 0.356 e. The lowest BCUT2D eigenvalue weighted by Crippen LogP contribution is -2.31. The molecule has 0 radical (unpaired) electrons. The van der Waals surface area contributed by atoms with Crippen LogP contribution in [0.1, 0.15) is 11.3 Å². The number of hydrogen-bond donors (Lipinski definition) is 2. The number of amides is 1. The number of benzene rings is 1. The Morgan fingerprint density at radius 3 is 2.52 bits per heavy atom. The number of hydrogen-bond acceptors (Lipinski definition) is 4. The van der Waals surface area contributed by atoms with Crippen LogP contribution in [0.4, 0.5) is 0 Å². The fourth-order valence-corrected chi connectivity index (χ4v) is 3.73. The predicted octanol–water partition coefficient (Wildman–Crippen LogP) is 2.43. The fraction of sp³-hybridized carbons (Fsp3) is 0.267. The van der Waals surface area contributed by atoms with Crippen molar-refractivity contribution in [3.8, 4) is 0 Å². The number of carbonyl (C=O) groups excluding carboxylic acids is 1. The van der Waals surface area contributed by atoms with E-state index in [1.54, 1.807) is 11.3 Å². The number of halogens is 1. The maximum atomic E-state index is 12.0. The molecule has 2 aromatic rings. The lowest BCUT2D eigenvalue weighted by Gasteiger charge is -2.07. The summed E-state index contributed by atoms with van der Waals surface area (Å²) in [5, 5.41) is 5.23. The number of nitrogens with one attached hydrogen (secondary N) is 2. The second-order valence-electron chi connectivity index (χ2n) is 4.78. The van der Waals surface area contributed by atoms with Crippen LogP contribution in [0, 0.1) is 0 Å². The molecule has 1 heterocycles. The molecule has 0 spiro atoms. The van der Waals surface area contributed by atoms with Crippen LogP contribution in [0.2, 0.25) is 5.02 Å². The quantitative estimate of drug-likeness (QED) is 0.747.